The van der Waals surface area contributed by atoms with Crippen LogP contribution in [-0.2, 0) is 5.60 Å². The molecule has 1 aromatic carbocycles. The van der Waals surface area contributed by atoms with Gasteiger partial charge in [0, 0.05) is 24.7 Å². The number of likely N-dealkylation sites (tertiary alicyclic amines) is 1. The van der Waals surface area contributed by atoms with Crippen LogP contribution in [0.4, 0.5) is 0 Å². The van der Waals surface area contributed by atoms with Crippen LogP contribution in [0.1, 0.15) is 28.0 Å². The van der Waals surface area contributed by atoms with Crippen LogP contribution in [0.5, 0.6) is 0 Å². The number of β-amino-alcohol motifs (C(OH)–C–C–N with tert-alkyl or cyclic N) is 1. The highest BCUT2D eigenvalue weighted by Gasteiger charge is 2.41. The normalized spacial score (nSPS) is 20.2. The number of aryl methyl sites for hydroxylation is 1. The number of carbonyl (C=O) groups excluding carboxylic acids is 1. The fraction of sp³-hybridized carbons (Fsp3) is 0.294. The smallest absolute Gasteiger partial charge is 0.253 e. The zero-order valence-corrected chi connectivity index (χ0v) is 13.8. The summed E-state index contributed by atoms with van der Waals surface area (Å²) >= 11 is 0. The molecule has 1 amide bonds. The monoisotopic (exact) mass is 338 g/mol. The molecule has 3 heterocycles. The van der Waals surface area contributed by atoms with E-state index in [1.54, 1.807) is 27.9 Å². The predicted molar refractivity (Wildman–Crippen MR) is 89.1 cm³/mol. The van der Waals surface area contributed by atoms with Crippen LogP contribution in [0, 0.1) is 6.92 Å². The van der Waals surface area contributed by atoms with E-state index in [2.05, 4.69) is 20.5 Å². The van der Waals surface area contributed by atoms with Crippen molar-refractivity contribution in [1.29, 1.82) is 0 Å². The number of carbonyl (C=O) groups is 1. The van der Waals surface area contributed by atoms with Crippen molar-refractivity contribution < 1.29 is 9.90 Å². The predicted octanol–water partition coefficient (Wildman–Crippen LogP) is 1.03. The van der Waals surface area contributed by atoms with E-state index >= 15 is 0 Å². The van der Waals surface area contributed by atoms with E-state index in [4.69, 9.17) is 0 Å². The minimum Gasteiger partial charge on any atom is -0.381 e. The summed E-state index contributed by atoms with van der Waals surface area (Å²) in [5.74, 6) is -0.109. The molecular weight excluding hydrogens is 320 g/mol. The molecule has 1 aliphatic rings. The molecule has 25 heavy (non-hydrogen) atoms. The molecule has 0 unspecified atom stereocenters. The zero-order chi connectivity index (χ0) is 17.4. The summed E-state index contributed by atoms with van der Waals surface area (Å²) in [5, 5.41) is 25.1. The van der Waals surface area contributed by atoms with E-state index < -0.39 is 5.60 Å². The van der Waals surface area contributed by atoms with Gasteiger partial charge in [0.15, 0.2) is 0 Å². The van der Waals surface area contributed by atoms with Crippen molar-refractivity contribution in [2.75, 3.05) is 13.1 Å². The van der Waals surface area contributed by atoms with E-state index in [-0.39, 0.29) is 12.5 Å². The van der Waals surface area contributed by atoms with Gasteiger partial charge in [-0.2, -0.15) is 20.5 Å². The molecule has 1 saturated heterocycles. The van der Waals surface area contributed by atoms with Crippen LogP contribution in [0.3, 0.4) is 0 Å². The SMILES string of the molecule is Cc1cnn(-c2ccc(C(=O)N3CC[C@](O)(c4cn[nH]n4)C3)cc2)c1. The van der Waals surface area contributed by atoms with E-state index in [1.165, 1.54) is 6.20 Å². The number of aliphatic hydroxyl groups is 1. The van der Waals surface area contributed by atoms with Crippen LogP contribution >= 0.6 is 0 Å². The summed E-state index contributed by atoms with van der Waals surface area (Å²) in [4.78, 5) is 14.3. The fourth-order valence-corrected chi connectivity index (χ4v) is 3.10. The van der Waals surface area contributed by atoms with Gasteiger partial charge in [-0.3, -0.25) is 4.79 Å². The van der Waals surface area contributed by atoms with Gasteiger partial charge in [0.05, 0.1) is 24.6 Å². The van der Waals surface area contributed by atoms with Gasteiger partial charge in [-0.1, -0.05) is 0 Å². The Bertz CT molecular complexity index is 886. The molecule has 1 atom stereocenters. The molecule has 2 N–H and O–H groups in total. The van der Waals surface area contributed by atoms with Gasteiger partial charge in [0.2, 0.25) is 0 Å². The average molecular weight is 338 g/mol. The van der Waals surface area contributed by atoms with Gasteiger partial charge in [-0.15, -0.1) is 0 Å². The van der Waals surface area contributed by atoms with Crippen LogP contribution in [0.25, 0.3) is 5.69 Å². The quantitative estimate of drug-likeness (QED) is 0.743. The Kier molecular flexibility index (Phi) is 3.61. The van der Waals surface area contributed by atoms with Crippen molar-refractivity contribution in [1.82, 2.24) is 30.1 Å². The lowest BCUT2D eigenvalue weighted by molar-refractivity contribution is 0.0382. The molecule has 1 fully saturated rings. The van der Waals surface area contributed by atoms with Crippen molar-refractivity contribution in [3.8, 4) is 5.69 Å². The minimum absolute atomic E-state index is 0.109. The molecule has 1 aliphatic heterocycles. The molecule has 8 nitrogen and oxygen atoms in total. The molecule has 0 radical (unpaired) electrons. The molecule has 4 rings (SSSR count). The lowest BCUT2D eigenvalue weighted by Gasteiger charge is -2.21. The first kappa shape index (κ1) is 15.5. The number of hydrogen-bond donors (Lipinski definition) is 2. The van der Waals surface area contributed by atoms with Crippen molar-refractivity contribution in [2.45, 2.75) is 18.9 Å². The minimum atomic E-state index is -1.14. The van der Waals surface area contributed by atoms with Crippen LogP contribution in [0.2, 0.25) is 0 Å². The number of aromatic nitrogens is 5. The molecule has 0 saturated carbocycles. The lowest BCUT2D eigenvalue weighted by atomic mass is 10.00. The van der Waals surface area contributed by atoms with Crippen LogP contribution < -0.4 is 0 Å². The summed E-state index contributed by atoms with van der Waals surface area (Å²) in [5.41, 5.74) is 1.87. The Morgan fingerprint density at radius 1 is 1.28 bits per heavy atom. The van der Waals surface area contributed by atoms with E-state index in [1.807, 2.05) is 25.3 Å². The molecule has 3 aromatic rings. The molecular formula is C17H18N6O2. The number of hydrogen-bond acceptors (Lipinski definition) is 5. The number of amides is 1. The van der Waals surface area contributed by atoms with E-state index in [0.717, 1.165) is 11.3 Å². The molecule has 0 bridgehead atoms. The van der Waals surface area contributed by atoms with Gasteiger partial charge in [-0.25, -0.2) is 4.68 Å². The van der Waals surface area contributed by atoms with Crippen molar-refractivity contribution in [3.63, 3.8) is 0 Å². The van der Waals surface area contributed by atoms with Gasteiger partial charge in [-0.05, 0) is 36.8 Å². The van der Waals surface area contributed by atoms with Crippen molar-refractivity contribution in [2.24, 2.45) is 0 Å². The molecule has 8 heteroatoms. The van der Waals surface area contributed by atoms with Crippen LogP contribution in [-0.4, -0.2) is 54.2 Å². The van der Waals surface area contributed by atoms with Crippen molar-refractivity contribution in [3.05, 3.63) is 59.7 Å². The Morgan fingerprint density at radius 2 is 2.08 bits per heavy atom. The maximum atomic E-state index is 12.7. The first-order valence-electron chi connectivity index (χ1n) is 8.05. The van der Waals surface area contributed by atoms with Crippen molar-refractivity contribution >= 4 is 5.91 Å². The van der Waals surface area contributed by atoms with Gasteiger partial charge in [0.25, 0.3) is 5.91 Å². The standard InChI is InChI=1S/C17H18N6O2/c1-12-8-19-23(10-12)14-4-2-13(3-5-14)16(24)22-7-6-17(25,11-22)15-9-18-21-20-15/h2-5,8-10,25H,6-7,11H2,1H3,(H,18,20,21)/t17-/m1/s1. The van der Waals surface area contributed by atoms with Gasteiger partial charge < -0.3 is 10.0 Å². The highest BCUT2D eigenvalue weighted by Crippen LogP contribution is 2.31. The number of H-pyrrole nitrogens is 1. The Labute approximate surface area is 144 Å². The summed E-state index contributed by atoms with van der Waals surface area (Å²) < 4.78 is 1.77. The number of benzene rings is 1. The third-order valence-corrected chi connectivity index (χ3v) is 4.52. The molecule has 2 aromatic heterocycles. The van der Waals surface area contributed by atoms with E-state index in [9.17, 15) is 9.90 Å². The summed E-state index contributed by atoms with van der Waals surface area (Å²) in [6.45, 7) is 2.66. The third-order valence-electron chi connectivity index (χ3n) is 4.52. The number of aromatic amines is 1. The number of nitrogens with zero attached hydrogens (tertiary/aromatic N) is 5. The Hall–Kier alpha value is -3.00. The third kappa shape index (κ3) is 2.80. The highest BCUT2D eigenvalue weighted by molar-refractivity contribution is 5.94. The first-order valence-corrected chi connectivity index (χ1v) is 8.05. The summed E-state index contributed by atoms with van der Waals surface area (Å²) in [6, 6.07) is 7.28. The average Bonchev–Trinajstić information content (AvgIpc) is 3.35. The Balaban J connectivity index is 1.50. The largest absolute Gasteiger partial charge is 0.381 e. The fourth-order valence-electron chi connectivity index (χ4n) is 3.10. The second-order valence-corrected chi connectivity index (χ2v) is 6.37. The topological polar surface area (TPSA) is 99.9 Å². The highest BCUT2D eigenvalue weighted by atomic mass is 16.3. The van der Waals surface area contributed by atoms with E-state index in [0.29, 0.717) is 24.2 Å². The molecule has 128 valence electrons. The first-order chi connectivity index (χ1) is 12.0. The molecule has 0 aliphatic carbocycles. The number of rotatable bonds is 3. The second kappa shape index (κ2) is 5.82. The summed E-state index contributed by atoms with van der Waals surface area (Å²) in [7, 11) is 0. The zero-order valence-electron chi connectivity index (χ0n) is 13.8. The van der Waals surface area contributed by atoms with Gasteiger partial charge in [0.1, 0.15) is 11.3 Å². The summed E-state index contributed by atoms with van der Waals surface area (Å²) in [6.07, 6.45) is 5.65. The molecule has 0 spiro atoms. The van der Waals surface area contributed by atoms with Crippen LogP contribution in [0.15, 0.2) is 42.9 Å². The maximum Gasteiger partial charge on any atom is 0.253 e. The second-order valence-electron chi connectivity index (χ2n) is 6.37. The Morgan fingerprint density at radius 3 is 2.72 bits per heavy atom. The maximum absolute atomic E-state index is 12.7. The number of nitrogens with one attached hydrogen (secondary N) is 1. The lowest BCUT2D eigenvalue weighted by Crippen LogP contribution is -2.34. The van der Waals surface area contributed by atoms with Gasteiger partial charge >= 0.3 is 0 Å².